The molecule has 10 heteroatoms. The second-order valence-corrected chi connectivity index (χ2v) is 7.99. The third-order valence-corrected chi connectivity index (χ3v) is 5.76. The van der Waals surface area contributed by atoms with Gasteiger partial charge in [-0.25, -0.2) is 4.79 Å². The maximum Gasteiger partial charge on any atom is 0.338 e. The first-order chi connectivity index (χ1) is 16.4. The summed E-state index contributed by atoms with van der Waals surface area (Å²) in [4.78, 5) is 36.8. The van der Waals surface area contributed by atoms with Crippen molar-refractivity contribution < 1.29 is 28.7 Å². The van der Waals surface area contributed by atoms with Gasteiger partial charge in [-0.1, -0.05) is 12.1 Å². The van der Waals surface area contributed by atoms with E-state index in [9.17, 15) is 19.7 Å². The fraction of sp³-hybridized carbons (Fsp3) is 0.417. The summed E-state index contributed by atoms with van der Waals surface area (Å²) >= 11 is 0. The number of carbonyl (C=O) groups excluding carboxylic acids is 2. The van der Waals surface area contributed by atoms with Gasteiger partial charge in [0, 0.05) is 18.9 Å². The number of methoxy groups -OCH3 is 2. The van der Waals surface area contributed by atoms with Gasteiger partial charge in [-0.15, -0.1) is 0 Å². The monoisotopic (exact) mass is 471 g/mol. The number of benzene rings is 2. The Kier molecular flexibility index (Phi) is 8.94. The number of carbonyl (C=O) groups is 2. The van der Waals surface area contributed by atoms with E-state index >= 15 is 0 Å². The van der Waals surface area contributed by atoms with Crippen molar-refractivity contribution in [2.24, 2.45) is 0 Å². The predicted octanol–water partition coefficient (Wildman–Crippen LogP) is 3.49. The van der Waals surface area contributed by atoms with E-state index in [1.807, 2.05) is 24.3 Å². The van der Waals surface area contributed by atoms with Crippen LogP contribution in [0.1, 0.15) is 34.7 Å². The molecule has 0 aromatic heterocycles. The van der Waals surface area contributed by atoms with Crippen LogP contribution in [-0.2, 0) is 19.0 Å². The minimum atomic E-state index is -0.646. The molecule has 0 radical (unpaired) electrons. The molecular formula is C24H29N3O7. The number of piperidine rings is 1. The van der Waals surface area contributed by atoms with Crippen molar-refractivity contribution in [2.75, 3.05) is 52.4 Å². The summed E-state index contributed by atoms with van der Waals surface area (Å²) in [6.45, 7) is 2.20. The number of nitro groups is 1. The first-order valence-electron chi connectivity index (χ1n) is 11.0. The zero-order valence-electron chi connectivity index (χ0n) is 19.3. The van der Waals surface area contributed by atoms with Gasteiger partial charge in [0.05, 0.1) is 30.7 Å². The average molecular weight is 472 g/mol. The van der Waals surface area contributed by atoms with Crippen molar-refractivity contribution >= 4 is 29.0 Å². The van der Waals surface area contributed by atoms with Crippen LogP contribution in [0.4, 0.5) is 17.1 Å². The first-order valence-corrected chi connectivity index (χ1v) is 11.0. The molecule has 3 rings (SSSR count). The molecule has 2 aromatic carbocycles. The third-order valence-electron chi connectivity index (χ3n) is 5.76. The van der Waals surface area contributed by atoms with Crippen LogP contribution in [0.15, 0.2) is 42.5 Å². The van der Waals surface area contributed by atoms with Crippen molar-refractivity contribution in [3.05, 3.63) is 63.7 Å². The molecule has 1 aliphatic rings. The average Bonchev–Trinajstić information content (AvgIpc) is 2.84. The molecule has 0 spiro atoms. The highest BCUT2D eigenvalue weighted by atomic mass is 16.6. The lowest BCUT2D eigenvalue weighted by atomic mass is 9.89. The van der Waals surface area contributed by atoms with Gasteiger partial charge < -0.3 is 19.5 Å². The Labute approximate surface area is 197 Å². The number of rotatable bonds is 10. The van der Waals surface area contributed by atoms with E-state index in [2.05, 4.69) is 10.2 Å². The molecule has 10 nitrogen and oxygen atoms in total. The highest BCUT2D eigenvalue weighted by molar-refractivity contribution is 5.91. The Bertz CT molecular complexity index is 1020. The Hall–Kier alpha value is -3.50. The lowest BCUT2D eigenvalue weighted by molar-refractivity contribution is -0.383. The van der Waals surface area contributed by atoms with Gasteiger partial charge in [0.15, 0.2) is 0 Å². The summed E-state index contributed by atoms with van der Waals surface area (Å²) in [5.41, 5.74) is 2.00. The van der Waals surface area contributed by atoms with Crippen molar-refractivity contribution in [1.29, 1.82) is 0 Å². The van der Waals surface area contributed by atoms with Crippen LogP contribution < -0.4 is 5.32 Å². The zero-order chi connectivity index (χ0) is 24.5. The zero-order valence-corrected chi connectivity index (χ0v) is 19.3. The number of nitrogens with zero attached hydrogens (tertiary/aromatic N) is 2. The summed E-state index contributed by atoms with van der Waals surface area (Å²) in [6.07, 6.45) is 1.81. The number of likely N-dealkylation sites (tertiary alicyclic amines) is 1. The van der Waals surface area contributed by atoms with Crippen LogP contribution in [0.25, 0.3) is 0 Å². The molecule has 2 aromatic rings. The Balaban J connectivity index is 1.69. The minimum Gasteiger partial charge on any atom is -0.468 e. The first kappa shape index (κ1) is 25.1. The van der Waals surface area contributed by atoms with Gasteiger partial charge in [-0.3, -0.25) is 19.8 Å². The normalized spacial score (nSPS) is 14.4. The molecule has 1 saturated heterocycles. The summed E-state index contributed by atoms with van der Waals surface area (Å²) in [5, 5.41) is 14.8. The number of esters is 2. The highest BCUT2D eigenvalue weighted by Crippen LogP contribution is 2.33. The molecule has 34 heavy (non-hydrogen) atoms. The fourth-order valence-electron chi connectivity index (χ4n) is 3.91. The van der Waals surface area contributed by atoms with E-state index in [0.717, 1.165) is 31.5 Å². The van der Waals surface area contributed by atoms with Crippen LogP contribution in [0.5, 0.6) is 0 Å². The highest BCUT2D eigenvalue weighted by Gasteiger charge is 2.23. The molecule has 0 unspecified atom stereocenters. The van der Waals surface area contributed by atoms with E-state index in [4.69, 9.17) is 14.2 Å². The number of nitrogens with one attached hydrogen (secondary N) is 1. The molecule has 0 bridgehead atoms. The number of ether oxygens (including phenoxy) is 3. The van der Waals surface area contributed by atoms with Crippen molar-refractivity contribution in [3.63, 3.8) is 0 Å². The second-order valence-electron chi connectivity index (χ2n) is 7.99. The lowest BCUT2D eigenvalue weighted by Gasteiger charge is -2.31. The van der Waals surface area contributed by atoms with Crippen LogP contribution in [-0.4, -0.2) is 68.8 Å². The molecular weight excluding hydrogens is 442 g/mol. The minimum absolute atomic E-state index is 0.0670. The molecule has 0 aliphatic carbocycles. The van der Waals surface area contributed by atoms with Crippen LogP contribution in [0, 0.1) is 10.1 Å². The molecule has 1 N–H and O–H groups in total. The van der Waals surface area contributed by atoms with E-state index in [1.54, 1.807) is 0 Å². The number of hydrogen-bond acceptors (Lipinski definition) is 9. The molecule has 182 valence electrons. The molecule has 0 saturated carbocycles. The molecule has 1 fully saturated rings. The summed E-state index contributed by atoms with van der Waals surface area (Å²) < 4.78 is 14.6. The molecule has 0 amide bonds. The van der Waals surface area contributed by atoms with Gasteiger partial charge in [0.1, 0.15) is 12.3 Å². The smallest absolute Gasteiger partial charge is 0.338 e. The Morgan fingerprint density at radius 2 is 1.88 bits per heavy atom. The Morgan fingerprint density at radius 3 is 2.56 bits per heavy atom. The van der Waals surface area contributed by atoms with Crippen LogP contribution >= 0.6 is 0 Å². The van der Waals surface area contributed by atoms with Crippen LogP contribution in [0.3, 0.4) is 0 Å². The maximum atomic E-state index is 12.1. The number of anilines is 2. The predicted molar refractivity (Wildman–Crippen MR) is 125 cm³/mol. The lowest BCUT2D eigenvalue weighted by Crippen LogP contribution is -2.37. The standard InChI is InChI=1S/C24H29N3O7/c1-32-12-13-34-24(29)19-6-7-21(22(15-19)27(30)31)25-20-5-3-4-18(14-20)17-8-10-26(11-9-17)16-23(28)33-2/h3-7,14-15,17,25H,8-13,16H2,1-2H3. The molecule has 1 aliphatic heterocycles. The summed E-state index contributed by atoms with van der Waals surface area (Å²) in [7, 11) is 2.88. The van der Waals surface area contributed by atoms with Crippen molar-refractivity contribution in [3.8, 4) is 0 Å². The molecule has 1 heterocycles. The SMILES string of the molecule is COCCOC(=O)c1ccc(Nc2cccc(C3CCN(CC(=O)OC)CC3)c2)c([N+](=O)[O-])c1. The molecule has 0 atom stereocenters. The quantitative estimate of drug-likeness (QED) is 0.240. The van der Waals surface area contributed by atoms with Crippen molar-refractivity contribution in [2.45, 2.75) is 18.8 Å². The van der Waals surface area contributed by atoms with Crippen molar-refractivity contribution in [1.82, 2.24) is 4.90 Å². The topological polar surface area (TPSA) is 120 Å². The van der Waals surface area contributed by atoms with Gasteiger partial charge in [-0.05, 0) is 61.7 Å². The fourth-order valence-corrected chi connectivity index (χ4v) is 3.91. The third kappa shape index (κ3) is 6.75. The van der Waals surface area contributed by atoms with E-state index in [0.29, 0.717) is 18.2 Å². The Morgan fingerprint density at radius 1 is 1.12 bits per heavy atom. The van der Waals surface area contributed by atoms with Gasteiger partial charge in [0.2, 0.25) is 0 Å². The largest absolute Gasteiger partial charge is 0.468 e. The summed E-state index contributed by atoms with van der Waals surface area (Å²) in [6, 6.07) is 12.0. The van der Waals surface area contributed by atoms with Gasteiger partial charge in [0.25, 0.3) is 5.69 Å². The number of nitro benzene ring substituents is 1. The second kappa shape index (κ2) is 12.1. The summed E-state index contributed by atoms with van der Waals surface area (Å²) in [5.74, 6) is -0.553. The van der Waals surface area contributed by atoms with Gasteiger partial charge >= 0.3 is 11.9 Å². The number of hydrogen-bond donors (Lipinski definition) is 1. The van der Waals surface area contributed by atoms with E-state index in [-0.39, 0.29) is 36.1 Å². The van der Waals surface area contributed by atoms with Gasteiger partial charge in [-0.2, -0.15) is 0 Å². The van der Waals surface area contributed by atoms with E-state index in [1.165, 1.54) is 32.4 Å². The maximum absolute atomic E-state index is 12.1. The van der Waals surface area contributed by atoms with Crippen LogP contribution in [0.2, 0.25) is 0 Å². The van der Waals surface area contributed by atoms with E-state index < -0.39 is 10.9 Å².